The third-order valence-electron chi connectivity index (χ3n) is 2.43. The highest BCUT2D eigenvalue weighted by Crippen LogP contribution is 2.22. The Balaban J connectivity index is 2.16. The van der Waals surface area contributed by atoms with Gasteiger partial charge in [0, 0.05) is 18.0 Å². The van der Waals surface area contributed by atoms with Crippen molar-refractivity contribution in [3.05, 3.63) is 47.7 Å². The van der Waals surface area contributed by atoms with Gasteiger partial charge in [0.1, 0.15) is 0 Å². The summed E-state index contributed by atoms with van der Waals surface area (Å²) in [6.45, 7) is 0.240. The van der Waals surface area contributed by atoms with E-state index in [-0.39, 0.29) is 6.61 Å². The Hall–Kier alpha value is -1.54. The lowest BCUT2D eigenvalue weighted by Crippen LogP contribution is -2.00. The molecule has 2 N–H and O–H groups in total. The Kier molecular flexibility index (Phi) is 3.20. The van der Waals surface area contributed by atoms with Gasteiger partial charge < -0.3 is 10.4 Å². The molecule has 0 spiro atoms. The molecule has 15 heavy (non-hydrogen) atoms. The average Bonchev–Trinajstić information content (AvgIpc) is 2.47. The Morgan fingerprint density at radius 3 is 2.93 bits per heavy atom. The lowest BCUT2D eigenvalue weighted by Gasteiger charge is -2.10. The summed E-state index contributed by atoms with van der Waals surface area (Å²) in [5.41, 5.74) is 3.49. The van der Waals surface area contributed by atoms with E-state index in [1.165, 1.54) is 5.56 Å². The van der Waals surface area contributed by atoms with Crippen LogP contribution in [0.5, 0.6) is 0 Å². The SMILES string of the molecule is OCCCC1=CC=Cc2ccccc2N1. The molecule has 1 heterocycles. The molecule has 2 rings (SSSR count). The molecule has 1 aromatic carbocycles. The fraction of sp³-hybridized carbons (Fsp3) is 0.231. The smallest absolute Gasteiger partial charge is 0.0455 e. The van der Waals surface area contributed by atoms with Gasteiger partial charge in [-0.2, -0.15) is 0 Å². The summed E-state index contributed by atoms with van der Waals surface area (Å²) in [6, 6.07) is 8.21. The highest BCUT2D eigenvalue weighted by atomic mass is 16.2. The average molecular weight is 201 g/mol. The van der Waals surface area contributed by atoms with E-state index < -0.39 is 0 Å². The molecule has 0 amide bonds. The molecule has 0 saturated heterocycles. The number of hydrogen-bond donors (Lipinski definition) is 2. The highest BCUT2D eigenvalue weighted by Gasteiger charge is 2.03. The lowest BCUT2D eigenvalue weighted by molar-refractivity contribution is 0.288. The fourth-order valence-electron chi connectivity index (χ4n) is 1.65. The van der Waals surface area contributed by atoms with Gasteiger partial charge in [-0.3, -0.25) is 0 Å². The normalized spacial score (nSPS) is 13.8. The summed E-state index contributed by atoms with van der Waals surface area (Å²) < 4.78 is 0. The number of nitrogens with one attached hydrogen (secondary N) is 1. The van der Waals surface area contributed by atoms with Crippen molar-refractivity contribution in [2.45, 2.75) is 12.8 Å². The Morgan fingerprint density at radius 2 is 2.07 bits per heavy atom. The Bertz CT molecular complexity index is 393. The molecular weight excluding hydrogens is 186 g/mol. The maximum atomic E-state index is 8.79. The number of fused-ring (bicyclic) bond motifs is 1. The van der Waals surface area contributed by atoms with Gasteiger partial charge in [-0.25, -0.2) is 0 Å². The zero-order valence-corrected chi connectivity index (χ0v) is 8.61. The third-order valence-corrected chi connectivity index (χ3v) is 2.43. The predicted octanol–water partition coefficient (Wildman–Crippen LogP) is 2.78. The number of benzene rings is 1. The van der Waals surface area contributed by atoms with Crippen molar-refractivity contribution in [1.82, 2.24) is 0 Å². The summed E-state index contributed by atoms with van der Waals surface area (Å²) in [7, 11) is 0. The second-order valence-corrected chi connectivity index (χ2v) is 3.59. The van der Waals surface area contributed by atoms with E-state index >= 15 is 0 Å². The van der Waals surface area contributed by atoms with Crippen molar-refractivity contribution in [3.63, 3.8) is 0 Å². The van der Waals surface area contributed by atoms with Crippen LogP contribution in [0.4, 0.5) is 5.69 Å². The Labute approximate surface area is 89.9 Å². The van der Waals surface area contributed by atoms with Gasteiger partial charge in [-0.15, -0.1) is 0 Å². The molecule has 0 unspecified atom stereocenters. The fourth-order valence-corrected chi connectivity index (χ4v) is 1.65. The number of anilines is 1. The van der Waals surface area contributed by atoms with Crippen LogP contribution >= 0.6 is 0 Å². The van der Waals surface area contributed by atoms with Crippen molar-refractivity contribution in [2.24, 2.45) is 0 Å². The molecular formula is C13H15NO. The number of allylic oxidation sites excluding steroid dienone is 3. The van der Waals surface area contributed by atoms with E-state index in [0.717, 1.165) is 24.2 Å². The molecule has 0 bridgehead atoms. The first-order chi connectivity index (χ1) is 7.40. The van der Waals surface area contributed by atoms with Crippen LogP contribution in [0.1, 0.15) is 18.4 Å². The monoisotopic (exact) mass is 201 g/mol. The van der Waals surface area contributed by atoms with Crippen molar-refractivity contribution in [3.8, 4) is 0 Å². The van der Waals surface area contributed by atoms with Crippen LogP contribution in [-0.4, -0.2) is 11.7 Å². The first-order valence-electron chi connectivity index (χ1n) is 5.24. The summed E-state index contributed by atoms with van der Waals surface area (Å²) in [5.74, 6) is 0. The van der Waals surface area contributed by atoms with Crippen molar-refractivity contribution < 1.29 is 5.11 Å². The Morgan fingerprint density at radius 1 is 1.20 bits per heavy atom. The summed E-state index contributed by atoms with van der Waals surface area (Å²) in [6.07, 6.45) is 7.89. The number of para-hydroxylation sites is 1. The summed E-state index contributed by atoms with van der Waals surface area (Å²) >= 11 is 0. The third kappa shape index (κ3) is 2.48. The molecule has 0 atom stereocenters. The molecule has 2 heteroatoms. The first kappa shape index (κ1) is 9.99. The predicted molar refractivity (Wildman–Crippen MR) is 63.5 cm³/mol. The molecule has 1 aliphatic heterocycles. The molecule has 0 radical (unpaired) electrons. The van der Waals surface area contributed by atoms with Crippen LogP contribution in [0, 0.1) is 0 Å². The van der Waals surface area contributed by atoms with E-state index in [4.69, 9.17) is 5.11 Å². The largest absolute Gasteiger partial charge is 0.396 e. The van der Waals surface area contributed by atoms with E-state index in [1.54, 1.807) is 0 Å². The molecule has 0 aliphatic carbocycles. The van der Waals surface area contributed by atoms with Crippen molar-refractivity contribution in [2.75, 3.05) is 11.9 Å². The lowest BCUT2D eigenvalue weighted by atomic mass is 10.1. The maximum Gasteiger partial charge on any atom is 0.0455 e. The van der Waals surface area contributed by atoms with Crippen molar-refractivity contribution in [1.29, 1.82) is 0 Å². The van der Waals surface area contributed by atoms with E-state index in [9.17, 15) is 0 Å². The zero-order chi connectivity index (χ0) is 10.5. The topological polar surface area (TPSA) is 32.3 Å². The maximum absolute atomic E-state index is 8.79. The standard InChI is InChI=1S/C13H15NO/c15-10-4-8-12-7-3-6-11-5-1-2-9-13(11)14-12/h1-3,5-7,9,14-15H,4,8,10H2. The van der Waals surface area contributed by atoms with Gasteiger partial charge in [0.2, 0.25) is 0 Å². The van der Waals surface area contributed by atoms with Crippen molar-refractivity contribution >= 4 is 11.8 Å². The van der Waals surface area contributed by atoms with Gasteiger partial charge in [-0.1, -0.05) is 30.4 Å². The van der Waals surface area contributed by atoms with E-state index in [0.29, 0.717) is 0 Å². The number of hydrogen-bond acceptors (Lipinski definition) is 2. The minimum atomic E-state index is 0.240. The van der Waals surface area contributed by atoms with Gasteiger partial charge in [0.25, 0.3) is 0 Å². The molecule has 78 valence electrons. The van der Waals surface area contributed by atoms with Gasteiger partial charge in [-0.05, 0) is 30.5 Å². The molecule has 0 fully saturated rings. The van der Waals surface area contributed by atoms with Gasteiger partial charge >= 0.3 is 0 Å². The second-order valence-electron chi connectivity index (χ2n) is 3.59. The van der Waals surface area contributed by atoms with Crippen LogP contribution < -0.4 is 5.32 Å². The summed E-state index contributed by atoms with van der Waals surface area (Å²) in [5, 5.41) is 12.2. The van der Waals surface area contributed by atoms with Crippen LogP contribution in [-0.2, 0) is 0 Å². The molecule has 1 aliphatic rings. The quantitative estimate of drug-likeness (QED) is 0.788. The molecule has 2 nitrogen and oxygen atoms in total. The van der Waals surface area contributed by atoms with Crippen LogP contribution in [0.3, 0.4) is 0 Å². The van der Waals surface area contributed by atoms with Crippen LogP contribution in [0.2, 0.25) is 0 Å². The van der Waals surface area contributed by atoms with Gasteiger partial charge in [0.15, 0.2) is 0 Å². The number of rotatable bonds is 3. The number of aliphatic hydroxyl groups excluding tert-OH is 1. The van der Waals surface area contributed by atoms with E-state index in [2.05, 4.69) is 29.6 Å². The van der Waals surface area contributed by atoms with Gasteiger partial charge in [0.05, 0.1) is 0 Å². The minimum absolute atomic E-state index is 0.240. The minimum Gasteiger partial charge on any atom is -0.396 e. The highest BCUT2D eigenvalue weighted by molar-refractivity contribution is 5.70. The molecule has 1 aromatic rings. The van der Waals surface area contributed by atoms with Crippen LogP contribution in [0.25, 0.3) is 6.08 Å². The zero-order valence-electron chi connectivity index (χ0n) is 8.61. The van der Waals surface area contributed by atoms with Crippen LogP contribution in [0.15, 0.2) is 42.1 Å². The first-order valence-corrected chi connectivity index (χ1v) is 5.24. The molecule has 0 saturated carbocycles. The molecule has 0 aromatic heterocycles. The second kappa shape index (κ2) is 4.80. The number of aliphatic hydroxyl groups is 1. The summed E-state index contributed by atoms with van der Waals surface area (Å²) in [4.78, 5) is 0. The van der Waals surface area contributed by atoms with E-state index in [1.807, 2.05) is 18.2 Å².